The van der Waals surface area contributed by atoms with Crippen molar-refractivity contribution in [2.24, 2.45) is 9.98 Å². The van der Waals surface area contributed by atoms with E-state index in [1.807, 2.05) is 35.5 Å². The van der Waals surface area contributed by atoms with Gasteiger partial charge in [0, 0.05) is 31.2 Å². The predicted octanol–water partition coefficient (Wildman–Crippen LogP) is 6.13. The van der Waals surface area contributed by atoms with Gasteiger partial charge >= 0.3 is 5.97 Å². The van der Waals surface area contributed by atoms with Crippen LogP contribution in [0.1, 0.15) is 49.5 Å². The molecule has 194 valence electrons. The summed E-state index contributed by atoms with van der Waals surface area (Å²) < 4.78 is 34.7. The molecule has 2 aliphatic heterocycles. The van der Waals surface area contributed by atoms with Gasteiger partial charge in [0.25, 0.3) is 0 Å². The van der Waals surface area contributed by atoms with E-state index in [9.17, 15) is 9.18 Å². The second-order valence-electron chi connectivity index (χ2n) is 9.16. The van der Waals surface area contributed by atoms with E-state index >= 15 is 4.39 Å². The maximum Gasteiger partial charge on any atom is 0.337 e. The Morgan fingerprint density at radius 1 is 1.39 bits per heavy atom. The van der Waals surface area contributed by atoms with Gasteiger partial charge in [-0.3, -0.25) is 9.98 Å². The van der Waals surface area contributed by atoms with Gasteiger partial charge in [-0.05, 0) is 56.4 Å². The number of methoxy groups -OCH3 is 1. The Hall–Kier alpha value is -2.74. The number of halogens is 2. The van der Waals surface area contributed by atoms with E-state index in [-0.39, 0.29) is 24.6 Å². The zero-order chi connectivity index (χ0) is 26.3. The highest BCUT2D eigenvalue weighted by Gasteiger charge is 2.46. The van der Waals surface area contributed by atoms with Crippen LogP contribution in [-0.4, -0.2) is 66.8 Å². The minimum atomic E-state index is -1.55. The summed E-state index contributed by atoms with van der Waals surface area (Å²) in [5, 5.41) is 2.07. The van der Waals surface area contributed by atoms with Crippen molar-refractivity contribution >= 4 is 29.3 Å². The van der Waals surface area contributed by atoms with Gasteiger partial charge in [0.2, 0.25) is 0 Å². The Kier molecular flexibility index (Phi) is 9.65. The number of carbonyl (C=O) groups excluding carboxylic acids is 1. The van der Waals surface area contributed by atoms with Crippen LogP contribution in [0.15, 0.2) is 69.2 Å². The van der Waals surface area contributed by atoms with E-state index < -0.39 is 17.8 Å². The average molecular weight is 516 g/mol. The van der Waals surface area contributed by atoms with Gasteiger partial charge in [0.15, 0.2) is 0 Å². The fraction of sp³-hybridized carbons (Fsp3) is 0.464. The number of esters is 1. The Morgan fingerprint density at radius 3 is 2.83 bits per heavy atom. The van der Waals surface area contributed by atoms with Crippen LogP contribution in [0.25, 0.3) is 0 Å². The first-order chi connectivity index (χ1) is 17.2. The van der Waals surface area contributed by atoms with Gasteiger partial charge in [0.1, 0.15) is 17.7 Å². The number of nitrogens with zero attached hydrogens (tertiary/aromatic N) is 3. The van der Waals surface area contributed by atoms with Gasteiger partial charge < -0.3 is 9.64 Å². The van der Waals surface area contributed by atoms with E-state index in [0.717, 1.165) is 22.7 Å². The summed E-state index contributed by atoms with van der Waals surface area (Å²) in [6.07, 6.45) is 5.26. The van der Waals surface area contributed by atoms with E-state index in [0.29, 0.717) is 24.2 Å². The largest absolute Gasteiger partial charge is 0.465 e. The van der Waals surface area contributed by atoms with Crippen LogP contribution < -0.4 is 0 Å². The third-order valence-electron chi connectivity index (χ3n) is 6.21. The van der Waals surface area contributed by atoms with E-state index in [4.69, 9.17) is 9.73 Å². The number of alkyl halides is 2. The second-order valence-corrected chi connectivity index (χ2v) is 10.4. The maximum absolute atomic E-state index is 16.5. The monoisotopic (exact) mass is 515 g/mol. The lowest BCUT2D eigenvalue weighted by Gasteiger charge is -2.31. The quantitative estimate of drug-likeness (QED) is 0.278. The van der Waals surface area contributed by atoms with Crippen molar-refractivity contribution in [1.29, 1.82) is 0 Å². The molecule has 1 fully saturated rings. The number of amidine groups is 1. The van der Waals surface area contributed by atoms with Gasteiger partial charge in [-0.1, -0.05) is 24.3 Å². The molecule has 8 heteroatoms. The Balaban J connectivity index is 1.95. The first-order valence-corrected chi connectivity index (χ1v) is 13.1. The van der Waals surface area contributed by atoms with Crippen molar-refractivity contribution in [1.82, 2.24) is 4.90 Å². The summed E-state index contributed by atoms with van der Waals surface area (Å²) in [6.45, 7) is 6.11. The number of thioether (sulfide) groups is 1. The first-order valence-electron chi connectivity index (χ1n) is 12.2. The fourth-order valence-corrected chi connectivity index (χ4v) is 5.29. The second kappa shape index (κ2) is 12.5. The number of rotatable bonds is 10. The predicted molar refractivity (Wildman–Crippen MR) is 146 cm³/mol. The SMILES string of the molecule is C/C=C\SC(C)C1=NCC(C(/C=C\CC(C)F)=NC)=C2CC(F)(Cc3cccc(C(=O)OC)c3)CN12. The lowest BCUT2D eigenvalue weighted by Crippen LogP contribution is -2.40. The molecule has 36 heavy (non-hydrogen) atoms. The molecule has 0 aromatic heterocycles. The van der Waals surface area contributed by atoms with Crippen LogP contribution in [0, 0.1) is 0 Å². The summed E-state index contributed by atoms with van der Waals surface area (Å²) >= 11 is 1.64. The lowest BCUT2D eigenvalue weighted by molar-refractivity contribution is 0.0600. The molecule has 0 radical (unpaired) electrons. The van der Waals surface area contributed by atoms with Crippen molar-refractivity contribution in [3.63, 3.8) is 0 Å². The molecule has 0 bridgehead atoms. The molecule has 0 amide bonds. The summed E-state index contributed by atoms with van der Waals surface area (Å²) in [4.78, 5) is 23.3. The van der Waals surface area contributed by atoms with Crippen molar-refractivity contribution in [2.45, 2.75) is 57.1 Å². The standard InChI is InChI=1S/C28H35F2N3O2S/c1-6-13-36-20(3)26-32-17-23(24(31-4)12-7-9-19(2)29)25-16-28(30,18-33(25)26)15-21-10-8-11-22(14-21)27(34)35-5/h6-8,10-14,19-20H,9,15-18H2,1-5H3/b12-7-,13-6-,31-24?. The fourth-order valence-electron chi connectivity index (χ4n) is 4.58. The summed E-state index contributed by atoms with van der Waals surface area (Å²) in [5.41, 5.74) is 2.03. The first kappa shape index (κ1) is 27.8. The maximum atomic E-state index is 16.5. The van der Waals surface area contributed by atoms with Crippen LogP contribution >= 0.6 is 11.8 Å². The number of hydrogen-bond donors (Lipinski definition) is 0. The van der Waals surface area contributed by atoms with Crippen LogP contribution in [-0.2, 0) is 11.2 Å². The summed E-state index contributed by atoms with van der Waals surface area (Å²) in [7, 11) is 3.02. The van der Waals surface area contributed by atoms with E-state index in [1.165, 1.54) is 14.0 Å². The summed E-state index contributed by atoms with van der Waals surface area (Å²) in [6, 6.07) is 6.94. The Morgan fingerprint density at radius 2 is 2.17 bits per heavy atom. The number of carbonyl (C=O) groups is 1. The Bertz CT molecular complexity index is 1110. The molecule has 0 N–H and O–H groups in total. The number of fused-ring (bicyclic) bond motifs is 1. The highest BCUT2D eigenvalue weighted by atomic mass is 32.2. The van der Waals surface area contributed by atoms with Gasteiger partial charge in [-0.25, -0.2) is 13.6 Å². The van der Waals surface area contributed by atoms with Crippen molar-refractivity contribution in [3.8, 4) is 0 Å². The molecule has 0 saturated carbocycles. The molecule has 1 saturated heterocycles. The molecule has 2 aliphatic rings. The van der Waals surface area contributed by atoms with Crippen molar-refractivity contribution in [3.05, 3.63) is 70.3 Å². The van der Waals surface area contributed by atoms with Crippen LogP contribution in [0.2, 0.25) is 0 Å². The molecule has 2 heterocycles. The molecular formula is C28H35F2N3O2S. The van der Waals surface area contributed by atoms with Gasteiger partial charge in [-0.15, -0.1) is 11.8 Å². The van der Waals surface area contributed by atoms with Crippen LogP contribution in [0.5, 0.6) is 0 Å². The van der Waals surface area contributed by atoms with Gasteiger partial charge in [-0.2, -0.15) is 0 Å². The number of benzene rings is 1. The molecule has 1 aromatic rings. The third kappa shape index (κ3) is 6.72. The number of aliphatic imine (C=N–C) groups is 2. The Labute approximate surface area is 217 Å². The molecule has 1 aromatic carbocycles. The average Bonchev–Trinajstić information content (AvgIpc) is 3.20. The van der Waals surface area contributed by atoms with Crippen molar-refractivity contribution < 1.29 is 18.3 Å². The normalized spacial score (nSPS) is 22.2. The molecule has 3 atom stereocenters. The minimum Gasteiger partial charge on any atom is -0.465 e. The minimum absolute atomic E-state index is 0.0488. The molecule has 0 spiro atoms. The zero-order valence-corrected chi connectivity index (χ0v) is 22.4. The van der Waals surface area contributed by atoms with Gasteiger partial charge in [0.05, 0.1) is 36.7 Å². The van der Waals surface area contributed by atoms with Crippen molar-refractivity contribution in [2.75, 3.05) is 27.2 Å². The number of allylic oxidation sites excluding steroid dienone is 4. The molecule has 0 aliphatic carbocycles. The topological polar surface area (TPSA) is 54.3 Å². The lowest BCUT2D eigenvalue weighted by atomic mass is 9.92. The zero-order valence-electron chi connectivity index (χ0n) is 21.6. The molecule has 3 rings (SSSR count). The highest BCUT2D eigenvalue weighted by Crippen LogP contribution is 2.41. The number of hydrogen-bond acceptors (Lipinski definition) is 6. The van der Waals surface area contributed by atoms with Crippen LogP contribution in [0.4, 0.5) is 8.78 Å². The third-order valence-corrected chi connectivity index (χ3v) is 7.26. The van der Waals surface area contributed by atoms with E-state index in [2.05, 4.69) is 11.9 Å². The highest BCUT2D eigenvalue weighted by molar-refractivity contribution is 8.03. The summed E-state index contributed by atoms with van der Waals surface area (Å²) in [5.74, 6) is 0.400. The van der Waals surface area contributed by atoms with Crippen LogP contribution in [0.3, 0.4) is 0 Å². The van der Waals surface area contributed by atoms with E-state index in [1.54, 1.807) is 43.1 Å². The number of ether oxygens (including phenoxy) is 1. The molecular weight excluding hydrogens is 480 g/mol. The molecule has 5 nitrogen and oxygen atoms in total. The smallest absolute Gasteiger partial charge is 0.337 e. The molecule has 3 unspecified atom stereocenters.